The molecule has 180 valence electrons. The van der Waals surface area contributed by atoms with E-state index in [1.165, 1.54) is 19.3 Å². The third kappa shape index (κ3) is 4.21. The number of carbonyl (C=O) groups excluding carboxylic acids is 1. The molecule has 34 heavy (non-hydrogen) atoms. The summed E-state index contributed by atoms with van der Waals surface area (Å²) in [5.41, 5.74) is 5.31. The molecule has 7 heteroatoms. The van der Waals surface area contributed by atoms with Crippen LogP contribution in [-0.4, -0.2) is 29.4 Å². The Hall–Kier alpha value is -1.46. The molecule has 1 unspecified atom stereocenters. The first-order valence-corrected chi connectivity index (χ1v) is 13.5. The minimum Gasteiger partial charge on any atom is -0.332 e. The molecular formula is C27H30Cl3N3O. The summed E-state index contributed by atoms with van der Waals surface area (Å²) in [6.45, 7) is 1.80. The van der Waals surface area contributed by atoms with Crippen LogP contribution >= 0.6 is 34.8 Å². The minimum absolute atomic E-state index is 0.0186. The van der Waals surface area contributed by atoms with E-state index < -0.39 is 0 Å². The van der Waals surface area contributed by atoms with Crippen LogP contribution in [0.2, 0.25) is 15.1 Å². The lowest BCUT2D eigenvalue weighted by atomic mass is 9.52. The number of anilines is 1. The Morgan fingerprint density at radius 1 is 0.971 bits per heavy atom. The second kappa shape index (κ2) is 8.89. The van der Waals surface area contributed by atoms with Gasteiger partial charge >= 0.3 is 0 Å². The fraction of sp³-hybridized carbons (Fsp3) is 0.519. The van der Waals surface area contributed by atoms with Crippen LogP contribution in [0.15, 0.2) is 42.5 Å². The number of hydrazine groups is 1. The van der Waals surface area contributed by atoms with Crippen molar-refractivity contribution in [1.29, 1.82) is 0 Å². The smallest absolute Gasteiger partial charge is 0.229 e. The summed E-state index contributed by atoms with van der Waals surface area (Å²) in [4.78, 5) is 16.5. The molecule has 0 spiro atoms. The summed E-state index contributed by atoms with van der Waals surface area (Å²) < 4.78 is 0. The molecule has 1 N–H and O–H groups in total. The van der Waals surface area contributed by atoms with Crippen molar-refractivity contribution in [3.63, 3.8) is 0 Å². The summed E-state index contributed by atoms with van der Waals surface area (Å²) in [5, 5.41) is 3.96. The predicted molar refractivity (Wildman–Crippen MR) is 138 cm³/mol. The highest BCUT2D eigenvalue weighted by molar-refractivity contribution is 6.35. The summed E-state index contributed by atoms with van der Waals surface area (Å²) >= 11 is 19.0. The first-order chi connectivity index (χ1) is 16.4. The second-order valence-electron chi connectivity index (χ2n) is 11.0. The van der Waals surface area contributed by atoms with Gasteiger partial charge in [0.1, 0.15) is 0 Å². The molecule has 1 heterocycles. The second-order valence-corrected chi connectivity index (χ2v) is 12.2. The summed E-state index contributed by atoms with van der Waals surface area (Å²) in [6, 6.07) is 13.4. The Morgan fingerprint density at radius 3 is 2.32 bits per heavy atom. The van der Waals surface area contributed by atoms with Crippen LogP contribution in [0, 0.1) is 23.7 Å². The van der Waals surface area contributed by atoms with Gasteiger partial charge in [0.2, 0.25) is 5.91 Å². The van der Waals surface area contributed by atoms with E-state index in [-0.39, 0.29) is 17.4 Å². The molecule has 1 atom stereocenters. The number of hydrogen-bond donors (Lipinski definition) is 1. The monoisotopic (exact) mass is 517 g/mol. The Morgan fingerprint density at radius 2 is 1.65 bits per heavy atom. The van der Waals surface area contributed by atoms with Crippen LogP contribution in [0.3, 0.4) is 0 Å². The first-order valence-electron chi connectivity index (χ1n) is 12.4. The topological polar surface area (TPSA) is 35.6 Å². The van der Waals surface area contributed by atoms with Crippen molar-refractivity contribution < 1.29 is 4.79 Å². The maximum absolute atomic E-state index is 14.2. The Labute approximate surface area is 216 Å². The van der Waals surface area contributed by atoms with Crippen LogP contribution in [0.4, 0.5) is 5.69 Å². The zero-order chi connectivity index (χ0) is 23.4. The number of benzene rings is 2. The molecule has 5 fully saturated rings. The van der Waals surface area contributed by atoms with E-state index in [2.05, 4.69) is 16.4 Å². The maximum Gasteiger partial charge on any atom is 0.229 e. The lowest BCUT2D eigenvalue weighted by molar-refractivity contribution is -0.155. The van der Waals surface area contributed by atoms with Crippen molar-refractivity contribution in [2.45, 2.75) is 50.6 Å². The molecule has 5 aliphatic rings. The van der Waals surface area contributed by atoms with E-state index in [0.29, 0.717) is 29.7 Å². The predicted octanol–water partition coefficient (Wildman–Crippen LogP) is 6.59. The van der Waals surface area contributed by atoms with Crippen molar-refractivity contribution in [2.75, 3.05) is 18.1 Å². The van der Waals surface area contributed by atoms with Gasteiger partial charge in [-0.25, -0.2) is 5.43 Å². The average molecular weight is 519 g/mol. The largest absolute Gasteiger partial charge is 0.332 e. The van der Waals surface area contributed by atoms with Gasteiger partial charge in [0.15, 0.2) is 0 Å². The molecule has 4 bridgehead atoms. The minimum atomic E-state index is -0.137. The van der Waals surface area contributed by atoms with Gasteiger partial charge in [0, 0.05) is 35.2 Å². The van der Waals surface area contributed by atoms with E-state index in [1.54, 1.807) is 12.1 Å². The number of nitrogens with zero attached hydrogens (tertiary/aromatic N) is 2. The van der Waals surface area contributed by atoms with E-state index >= 15 is 0 Å². The van der Waals surface area contributed by atoms with E-state index in [4.69, 9.17) is 34.8 Å². The van der Waals surface area contributed by atoms with Gasteiger partial charge in [-0.1, -0.05) is 46.9 Å². The molecule has 4 saturated carbocycles. The fourth-order valence-corrected chi connectivity index (χ4v) is 8.12. The molecule has 4 aliphatic carbocycles. The van der Waals surface area contributed by atoms with E-state index in [9.17, 15) is 4.79 Å². The summed E-state index contributed by atoms with van der Waals surface area (Å²) in [7, 11) is 0. The normalized spacial score (nSPS) is 31.8. The Kier molecular flexibility index (Phi) is 6.00. The quantitative estimate of drug-likeness (QED) is 0.485. The van der Waals surface area contributed by atoms with Gasteiger partial charge in [-0.05, 0) is 92.2 Å². The van der Waals surface area contributed by atoms with Crippen LogP contribution in [0.1, 0.15) is 44.1 Å². The molecule has 2 aromatic carbocycles. The number of amides is 1. The zero-order valence-corrected chi connectivity index (χ0v) is 21.4. The van der Waals surface area contributed by atoms with Crippen molar-refractivity contribution in [3.8, 4) is 0 Å². The highest BCUT2D eigenvalue weighted by atomic mass is 35.5. The highest BCUT2D eigenvalue weighted by Crippen LogP contribution is 2.58. The van der Waals surface area contributed by atoms with Gasteiger partial charge in [-0.15, -0.1) is 0 Å². The molecule has 7 rings (SSSR count). The van der Waals surface area contributed by atoms with Crippen molar-refractivity contribution in [1.82, 2.24) is 10.3 Å². The van der Waals surface area contributed by atoms with Gasteiger partial charge in [-0.3, -0.25) is 4.79 Å². The van der Waals surface area contributed by atoms with Crippen LogP contribution in [0.5, 0.6) is 0 Å². The number of halogens is 3. The fourth-order valence-electron chi connectivity index (χ4n) is 7.52. The Bertz CT molecular complexity index is 1070. The molecule has 0 aromatic heterocycles. The van der Waals surface area contributed by atoms with Crippen molar-refractivity contribution in [2.24, 2.45) is 23.7 Å². The lowest BCUT2D eigenvalue weighted by Crippen LogP contribution is -2.62. The van der Waals surface area contributed by atoms with Crippen molar-refractivity contribution >= 4 is 46.4 Å². The third-order valence-electron chi connectivity index (χ3n) is 8.55. The number of carbonyl (C=O) groups is 1. The van der Waals surface area contributed by atoms with Crippen LogP contribution < -0.4 is 10.4 Å². The molecule has 4 nitrogen and oxygen atoms in total. The third-order valence-corrected chi connectivity index (χ3v) is 9.34. The summed E-state index contributed by atoms with van der Waals surface area (Å²) in [5.74, 6) is 2.41. The number of nitrogens with one attached hydrogen (secondary N) is 1. The highest BCUT2D eigenvalue weighted by Gasteiger charge is 2.55. The molecule has 1 amide bonds. The standard InChI is InChI=1S/C27H30Cl3N3O/c28-22-3-1-2-17(9-22)15-32(27-11-18-6-19(12-27)8-20(7-18)13-27)26(34)21-14-31-33(16-21)25-10-23(29)4-5-24(25)30/h1-5,9-10,18-21,31H,6-8,11-16H2. The molecule has 0 radical (unpaired) electrons. The van der Waals surface area contributed by atoms with Gasteiger partial charge in [0.05, 0.1) is 16.6 Å². The Balaban J connectivity index is 1.29. The van der Waals surface area contributed by atoms with Crippen LogP contribution in [0.25, 0.3) is 0 Å². The van der Waals surface area contributed by atoms with Crippen molar-refractivity contribution in [3.05, 3.63) is 63.1 Å². The number of rotatable bonds is 5. The van der Waals surface area contributed by atoms with Gasteiger partial charge in [0.25, 0.3) is 0 Å². The first kappa shape index (κ1) is 23.0. The van der Waals surface area contributed by atoms with Crippen LogP contribution in [-0.2, 0) is 11.3 Å². The maximum atomic E-state index is 14.2. The van der Waals surface area contributed by atoms with E-state index in [1.807, 2.05) is 29.3 Å². The molecule has 2 aromatic rings. The summed E-state index contributed by atoms with van der Waals surface area (Å²) in [6.07, 6.45) is 7.50. The number of hydrogen-bond acceptors (Lipinski definition) is 3. The van der Waals surface area contributed by atoms with Gasteiger partial charge < -0.3 is 9.91 Å². The average Bonchev–Trinajstić information content (AvgIpc) is 3.28. The van der Waals surface area contributed by atoms with Gasteiger partial charge in [-0.2, -0.15) is 0 Å². The lowest BCUT2D eigenvalue weighted by Gasteiger charge is -2.60. The molecule has 1 saturated heterocycles. The zero-order valence-electron chi connectivity index (χ0n) is 19.2. The molecular weight excluding hydrogens is 489 g/mol. The molecule has 1 aliphatic heterocycles. The van der Waals surface area contributed by atoms with E-state index in [0.717, 1.165) is 53.3 Å². The SMILES string of the molecule is O=C(C1CNN(c2cc(Cl)ccc2Cl)C1)N(Cc1cccc(Cl)c1)C12CC3CC(CC(C3)C1)C2.